The average Bonchev–Trinajstić information content (AvgIpc) is 3.29. The molecule has 9 heteroatoms. The van der Waals surface area contributed by atoms with E-state index in [1.165, 1.54) is 0 Å². The predicted molar refractivity (Wildman–Crippen MR) is 118 cm³/mol. The fourth-order valence-electron chi connectivity index (χ4n) is 3.04. The predicted octanol–water partition coefficient (Wildman–Crippen LogP) is 4.22. The second-order valence-electron chi connectivity index (χ2n) is 7.41. The highest BCUT2D eigenvalue weighted by molar-refractivity contribution is 7.92. The van der Waals surface area contributed by atoms with Crippen LogP contribution in [0.4, 0.5) is 0 Å². The molecule has 0 N–H and O–H groups in total. The van der Waals surface area contributed by atoms with Crippen LogP contribution in [0.15, 0.2) is 64.0 Å². The van der Waals surface area contributed by atoms with Gasteiger partial charge in [-0.25, -0.2) is 13.4 Å². The van der Waals surface area contributed by atoms with Crippen molar-refractivity contribution in [3.8, 4) is 40.4 Å². The van der Waals surface area contributed by atoms with E-state index in [1.807, 2.05) is 0 Å². The molecule has 4 aromatic rings. The topological polar surface area (TPSA) is 123 Å². The van der Waals surface area contributed by atoms with Crippen molar-refractivity contribution in [2.24, 2.45) is 0 Å². The maximum absolute atomic E-state index is 12.3. The Morgan fingerprint density at radius 3 is 2.41 bits per heavy atom. The molecule has 2 aromatic carbocycles. The molecular weight excluding hydrogens is 426 g/mol. The summed E-state index contributed by atoms with van der Waals surface area (Å²) < 4.78 is 30.5. The van der Waals surface area contributed by atoms with Crippen molar-refractivity contribution >= 4 is 9.84 Å². The van der Waals surface area contributed by atoms with Crippen molar-refractivity contribution in [3.05, 3.63) is 66.0 Å². The van der Waals surface area contributed by atoms with Gasteiger partial charge in [0, 0.05) is 11.1 Å². The fraction of sp³-hybridized carbons (Fsp3) is 0.174. The summed E-state index contributed by atoms with van der Waals surface area (Å²) in [5.41, 5.74) is 3.41. The number of nitriles is 1. The number of nitrogens with zero attached hydrogens (tertiary/aromatic N) is 5. The largest absolute Gasteiger partial charge is 0.415 e. The summed E-state index contributed by atoms with van der Waals surface area (Å²) in [6, 6.07) is 15.5. The van der Waals surface area contributed by atoms with Gasteiger partial charge in [0.1, 0.15) is 5.69 Å². The Morgan fingerprint density at radius 1 is 1.00 bits per heavy atom. The molecule has 0 fully saturated rings. The van der Waals surface area contributed by atoms with Crippen LogP contribution in [0, 0.1) is 18.3 Å². The summed E-state index contributed by atoms with van der Waals surface area (Å²) in [4.78, 5) is 9.27. The van der Waals surface area contributed by atoms with Gasteiger partial charge in [-0.2, -0.15) is 5.26 Å². The molecular formula is C23H19N5O3S. The van der Waals surface area contributed by atoms with Crippen molar-refractivity contribution in [3.63, 3.8) is 0 Å². The van der Waals surface area contributed by atoms with Crippen LogP contribution in [0.3, 0.4) is 0 Å². The molecule has 0 aliphatic heterocycles. The zero-order chi connectivity index (χ0) is 22.9. The van der Waals surface area contributed by atoms with Crippen molar-refractivity contribution in [1.82, 2.24) is 20.2 Å². The SMILES string of the molecule is Cc1ncc(-c2ccc(S(=O)(=O)C(C)C)cc2)nc1-c1nnc(-c2cccc(C#N)c2)o1. The first-order valence-corrected chi connectivity index (χ1v) is 11.4. The first kappa shape index (κ1) is 21.3. The van der Waals surface area contributed by atoms with Crippen LogP contribution in [0.25, 0.3) is 34.3 Å². The molecule has 160 valence electrons. The maximum atomic E-state index is 12.3. The zero-order valence-corrected chi connectivity index (χ0v) is 18.5. The molecule has 0 radical (unpaired) electrons. The summed E-state index contributed by atoms with van der Waals surface area (Å²) in [6.07, 6.45) is 1.61. The molecule has 0 bridgehead atoms. The molecule has 32 heavy (non-hydrogen) atoms. The Hall–Kier alpha value is -3.90. The third-order valence-corrected chi connectivity index (χ3v) is 7.09. The van der Waals surface area contributed by atoms with Gasteiger partial charge in [-0.15, -0.1) is 10.2 Å². The van der Waals surface area contributed by atoms with Crippen LogP contribution < -0.4 is 0 Å². The van der Waals surface area contributed by atoms with Crippen LogP contribution in [-0.4, -0.2) is 33.8 Å². The van der Waals surface area contributed by atoms with E-state index in [4.69, 9.17) is 9.68 Å². The number of sulfone groups is 1. The first-order valence-electron chi connectivity index (χ1n) is 9.82. The van der Waals surface area contributed by atoms with Gasteiger partial charge in [-0.3, -0.25) is 4.98 Å². The molecule has 4 rings (SSSR count). The maximum Gasteiger partial charge on any atom is 0.268 e. The number of aromatic nitrogens is 4. The Labute approximate surface area is 185 Å². The number of hydrogen-bond donors (Lipinski definition) is 0. The monoisotopic (exact) mass is 445 g/mol. The van der Waals surface area contributed by atoms with Gasteiger partial charge >= 0.3 is 0 Å². The van der Waals surface area contributed by atoms with Gasteiger partial charge in [0.2, 0.25) is 5.89 Å². The highest BCUT2D eigenvalue weighted by atomic mass is 32.2. The van der Waals surface area contributed by atoms with Gasteiger partial charge in [-0.1, -0.05) is 18.2 Å². The number of aryl methyl sites for hydroxylation is 1. The van der Waals surface area contributed by atoms with Crippen molar-refractivity contribution in [2.45, 2.75) is 30.9 Å². The van der Waals surface area contributed by atoms with E-state index < -0.39 is 15.1 Å². The lowest BCUT2D eigenvalue weighted by molar-refractivity contribution is 0.581. The average molecular weight is 446 g/mol. The molecule has 0 saturated heterocycles. The Morgan fingerprint density at radius 2 is 1.72 bits per heavy atom. The minimum absolute atomic E-state index is 0.202. The molecule has 0 saturated carbocycles. The molecule has 0 unspecified atom stereocenters. The third kappa shape index (κ3) is 4.00. The Balaban J connectivity index is 1.69. The normalized spacial score (nSPS) is 11.5. The van der Waals surface area contributed by atoms with Gasteiger partial charge in [0.15, 0.2) is 9.84 Å². The molecule has 0 aliphatic carbocycles. The second kappa shape index (κ2) is 8.32. The van der Waals surface area contributed by atoms with Crippen molar-refractivity contribution in [2.75, 3.05) is 0 Å². The molecule has 2 aromatic heterocycles. The van der Waals surface area contributed by atoms with Gasteiger partial charge in [0.05, 0.1) is 39.4 Å². The van der Waals surface area contributed by atoms with Crippen LogP contribution in [0.5, 0.6) is 0 Å². The molecule has 0 spiro atoms. The lowest BCUT2D eigenvalue weighted by Gasteiger charge is -2.09. The first-order chi connectivity index (χ1) is 15.3. The zero-order valence-electron chi connectivity index (χ0n) is 17.6. The standard InChI is InChI=1S/C23H19N5O3S/c1-14(2)32(29,30)19-9-7-17(8-10-19)20-13-25-15(3)21(26-20)23-28-27-22(31-23)18-6-4-5-16(11-18)12-24/h4-11,13-14H,1-3H3. The van der Waals surface area contributed by atoms with E-state index in [0.29, 0.717) is 33.8 Å². The minimum Gasteiger partial charge on any atom is -0.415 e. The highest BCUT2D eigenvalue weighted by Gasteiger charge is 2.20. The van der Waals surface area contributed by atoms with Crippen LogP contribution >= 0.6 is 0 Å². The Kier molecular flexibility index (Phi) is 5.55. The summed E-state index contributed by atoms with van der Waals surface area (Å²) in [6.45, 7) is 5.08. The molecule has 0 aliphatic rings. The lowest BCUT2D eigenvalue weighted by Crippen LogP contribution is -2.13. The highest BCUT2D eigenvalue weighted by Crippen LogP contribution is 2.27. The quantitative estimate of drug-likeness (QED) is 0.447. The summed E-state index contributed by atoms with van der Waals surface area (Å²) in [7, 11) is -3.35. The molecule has 0 atom stereocenters. The van der Waals surface area contributed by atoms with Crippen molar-refractivity contribution in [1.29, 1.82) is 5.26 Å². The van der Waals surface area contributed by atoms with Crippen LogP contribution in [0.2, 0.25) is 0 Å². The fourth-order valence-corrected chi connectivity index (χ4v) is 4.10. The van der Waals surface area contributed by atoms with E-state index in [1.54, 1.807) is 75.5 Å². The van der Waals surface area contributed by atoms with Crippen molar-refractivity contribution < 1.29 is 12.8 Å². The smallest absolute Gasteiger partial charge is 0.268 e. The van der Waals surface area contributed by atoms with Gasteiger partial charge < -0.3 is 4.42 Å². The van der Waals surface area contributed by atoms with Crippen LogP contribution in [0.1, 0.15) is 25.1 Å². The second-order valence-corrected chi connectivity index (χ2v) is 9.92. The number of benzene rings is 2. The number of rotatable bonds is 5. The van der Waals surface area contributed by atoms with E-state index in [9.17, 15) is 8.42 Å². The van der Waals surface area contributed by atoms with Crippen LogP contribution in [-0.2, 0) is 9.84 Å². The van der Waals surface area contributed by atoms with E-state index in [-0.39, 0.29) is 16.7 Å². The molecule has 2 heterocycles. The van der Waals surface area contributed by atoms with E-state index >= 15 is 0 Å². The lowest BCUT2D eigenvalue weighted by atomic mass is 10.1. The summed E-state index contributed by atoms with van der Waals surface area (Å²) >= 11 is 0. The molecule has 8 nitrogen and oxygen atoms in total. The van der Waals surface area contributed by atoms with E-state index in [0.717, 1.165) is 0 Å². The molecule has 0 amide bonds. The summed E-state index contributed by atoms with van der Waals surface area (Å²) in [5, 5.41) is 16.8. The Bertz CT molecular complexity index is 1440. The van der Waals surface area contributed by atoms with E-state index in [2.05, 4.69) is 26.2 Å². The number of hydrogen-bond acceptors (Lipinski definition) is 8. The van der Waals surface area contributed by atoms with Gasteiger partial charge in [-0.05, 0) is 51.1 Å². The minimum atomic E-state index is -3.35. The van der Waals surface area contributed by atoms with Gasteiger partial charge in [0.25, 0.3) is 5.89 Å². The third-order valence-electron chi connectivity index (χ3n) is 4.92. The summed E-state index contributed by atoms with van der Waals surface area (Å²) in [5.74, 6) is 0.472.